The van der Waals surface area contributed by atoms with E-state index in [1.165, 1.54) is 17.0 Å². The lowest BCUT2D eigenvalue weighted by atomic mass is 9.95. The van der Waals surface area contributed by atoms with Crippen molar-refractivity contribution < 1.29 is 18.0 Å². The van der Waals surface area contributed by atoms with Crippen LogP contribution in [0.3, 0.4) is 0 Å². The van der Waals surface area contributed by atoms with Gasteiger partial charge in [0.25, 0.3) is 10.0 Å². The van der Waals surface area contributed by atoms with E-state index in [1.807, 2.05) is 31.2 Å². The van der Waals surface area contributed by atoms with Crippen LogP contribution < -0.4 is 9.62 Å². The Morgan fingerprint density at radius 1 is 0.907 bits per heavy atom. The van der Waals surface area contributed by atoms with Crippen LogP contribution in [0.15, 0.2) is 83.8 Å². The van der Waals surface area contributed by atoms with E-state index >= 15 is 0 Å². The lowest BCUT2D eigenvalue weighted by molar-refractivity contribution is -0.140. The zero-order valence-electron chi connectivity index (χ0n) is 25.2. The molecule has 230 valence electrons. The maximum Gasteiger partial charge on any atom is 0.264 e. The van der Waals surface area contributed by atoms with Gasteiger partial charge in [-0.2, -0.15) is 0 Å². The van der Waals surface area contributed by atoms with Crippen LogP contribution in [-0.2, 0) is 26.2 Å². The first-order valence-corrected chi connectivity index (χ1v) is 16.9. The molecule has 0 bridgehead atoms. The Morgan fingerprint density at radius 2 is 1.53 bits per heavy atom. The fourth-order valence-electron chi connectivity index (χ4n) is 5.55. The topological polar surface area (TPSA) is 86.8 Å². The molecule has 9 heteroatoms. The van der Waals surface area contributed by atoms with E-state index in [2.05, 4.69) is 19.2 Å². The van der Waals surface area contributed by atoms with Gasteiger partial charge in [-0.25, -0.2) is 8.42 Å². The summed E-state index contributed by atoms with van der Waals surface area (Å²) in [6.07, 6.45) is 5.47. The molecule has 0 saturated heterocycles. The van der Waals surface area contributed by atoms with Crippen LogP contribution in [-0.4, -0.2) is 43.8 Å². The smallest absolute Gasteiger partial charge is 0.264 e. The molecule has 0 unspecified atom stereocenters. The summed E-state index contributed by atoms with van der Waals surface area (Å²) in [6, 6.07) is 21.8. The van der Waals surface area contributed by atoms with Gasteiger partial charge in [-0.05, 0) is 66.6 Å². The summed E-state index contributed by atoms with van der Waals surface area (Å²) in [5.41, 5.74) is 2.11. The van der Waals surface area contributed by atoms with E-state index in [0.717, 1.165) is 42.0 Å². The third-order valence-corrected chi connectivity index (χ3v) is 10.3. The molecule has 1 fully saturated rings. The standard InChI is InChI=1S/C34H42ClN3O4S/c1-4-32(34(40)36-28-14-7-5-8-15-28)37(23-27-13-11-12-18-31(27)35)33(39)24-38(29-21-19-26(20-22-29)25(2)3)43(41,42)30-16-9-6-10-17-30/h6,9-13,16-22,25,28,32H,4-5,7-8,14-15,23-24H2,1-3H3,(H,36,40)/t32-/m1/s1. The first kappa shape index (κ1) is 32.6. The average molecular weight is 624 g/mol. The van der Waals surface area contributed by atoms with Crippen molar-refractivity contribution in [3.8, 4) is 0 Å². The van der Waals surface area contributed by atoms with Gasteiger partial charge in [-0.1, -0.05) is 100 Å². The normalized spacial score (nSPS) is 14.7. The van der Waals surface area contributed by atoms with E-state index in [-0.39, 0.29) is 29.3 Å². The van der Waals surface area contributed by atoms with Crippen molar-refractivity contribution in [1.82, 2.24) is 10.2 Å². The number of halogens is 1. The second-order valence-electron chi connectivity index (χ2n) is 11.5. The summed E-state index contributed by atoms with van der Waals surface area (Å²) >= 11 is 6.51. The molecule has 1 aliphatic carbocycles. The first-order chi connectivity index (χ1) is 20.6. The molecule has 1 N–H and O–H groups in total. The van der Waals surface area contributed by atoms with Gasteiger partial charge in [0, 0.05) is 17.6 Å². The summed E-state index contributed by atoms with van der Waals surface area (Å²) in [4.78, 5) is 29.5. The summed E-state index contributed by atoms with van der Waals surface area (Å²) in [6.45, 7) is 5.58. The second-order valence-corrected chi connectivity index (χ2v) is 13.7. The number of rotatable bonds is 12. The number of benzene rings is 3. The highest BCUT2D eigenvalue weighted by molar-refractivity contribution is 7.92. The van der Waals surface area contributed by atoms with Crippen LogP contribution in [0.2, 0.25) is 5.02 Å². The fourth-order valence-corrected chi connectivity index (χ4v) is 7.18. The second kappa shape index (κ2) is 14.9. The summed E-state index contributed by atoms with van der Waals surface area (Å²) < 4.78 is 29.2. The number of hydrogen-bond donors (Lipinski definition) is 1. The van der Waals surface area contributed by atoms with Crippen LogP contribution in [0.1, 0.15) is 76.3 Å². The minimum Gasteiger partial charge on any atom is -0.352 e. The van der Waals surface area contributed by atoms with Gasteiger partial charge in [-0.15, -0.1) is 0 Å². The summed E-state index contributed by atoms with van der Waals surface area (Å²) in [5, 5.41) is 3.64. The lowest BCUT2D eigenvalue weighted by Gasteiger charge is -2.34. The highest BCUT2D eigenvalue weighted by atomic mass is 35.5. The molecule has 0 aromatic heterocycles. The number of carbonyl (C=O) groups is 2. The fraction of sp³-hybridized carbons (Fsp3) is 0.412. The predicted octanol–water partition coefficient (Wildman–Crippen LogP) is 6.92. The van der Waals surface area contributed by atoms with Crippen molar-refractivity contribution in [2.75, 3.05) is 10.8 Å². The largest absolute Gasteiger partial charge is 0.352 e. The Balaban J connectivity index is 1.71. The van der Waals surface area contributed by atoms with Gasteiger partial charge in [0.2, 0.25) is 11.8 Å². The van der Waals surface area contributed by atoms with Gasteiger partial charge in [0.15, 0.2) is 0 Å². The van der Waals surface area contributed by atoms with Gasteiger partial charge in [0.1, 0.15) is 12.6 Å². The number of amides is 2. The molecule has 0 radical (unpaired) electrons. The predicted molar refractivity (Wildman–Crippen MR) is 173 cm³/mol. The molecule has 2 amide bonds. The van der Waals surface area contributed by atoms with Crippen molar-refractivity contribution in [3.05, 3.63) is 95.0 Å². The average Bonchev–Trinajstić information content (AvgIpc) is 3.01. The molecule has 1 atom stereocenters. The van der Waals surface area contributed by atoms with Gasteiger partial charge in [-0.3, -0.25) is 13.9 Å². The van der Waals surface area contributed by atoms with Crippen LogP contribution in [0.5, 0.6) is 0 Å². The van der Waals surface area contributed by atoms with E-state index in [4.69, 9.17) is 11.6 Å². The van der Waals surface area contributed by atoms with Crippen molar-refractivity contribution in [2.24, 2.45) is 0 Å². The van der Waals surface area contributed by atoms with E-state index in [0.29, 0.717) is 22.7 Å². The molecule has 3 aromatic rings. The first-order valence-electron chi connectivity index (χ1n) is 15.1. The van der Waals surface area contributed by atoms with Gasteiger partial charge >= 0.3 is 0 Å². The van der Waals surface area contributed by atoms with Crippen molar-refractivity contribution in [1.29, 1.82) is 0 Å². The van der Waals surface area contributed by atoms with Crippen LogP contribution in [0.4, 0.5) is 5.69 Å². The van der Waals surface area contributed by atoms with Crippen molar-refractivity contribution in [2.45, 2.75) is 88.7 Å². The van der Waals surface area contributed by atoms with Crippen LogP contribution in [0.25, 0.3) is 0 Å². The molecule has 4 rings (SSSR count). The van der Waals surface area contributed by atoms with Crippen molar-refractivity contribution >= 4 is 39.1 Å². The molecule has 0 aliphatic heterocycles. The Labute approximate surface area is 261 Å². The molecule has 43 heavy (non-hydrogen) atoms. The molecule has 1 saturated carbocycles. The SMILES string of the molecule is CC[C@H](C(=O)NC1CCCCC1)N(Cc1ccccc1Cl)C(=O)CN(c1ccc(C(C)C)cc1)S(=O)(=O)c1ccccc1. The highest BCUT2D eigenvalue weighted by Gasteiger charge is 2.34. The summed E-state index contributed by atoms with van der Waals surface area (Å²) in [5.74, 6) is -0.458. The summed E-state index contributed by atoms with van der Waals surface area (Å²) in [7, 11) is -4.11. The minimum absolute atomic E-state index is 0.0701. The number of nitrogens with zero attached hydrogens (tertiary/aromatic N) is 2. The molecule has 3 aromatic carbocycles. The molecule has 7 nitrogen and oxygen atoms in total. The van der Waals surface area contributed by atoms with Gasteiger partial charge < -0.3 is 10.2 Å². The molecular formula is C34H42ClN3O4S. The molecule has 0 heterocycles. The Hall–Kier alpha value is -3.36. The Kier molecular flexibility index (Phi) is 11.3. The number of sulfonamides is 1. The number of nitrogens with one attached hydrogen (secondary N) is 1. The van der Waals surface area contributed by atoms with Crippen LogP contribution in [0, 0.1) is 0 Å². The quantitative estimate of drug-likeness (QED) is 0.237. The minimum atomic E-state index is -4.11. The molecule has 0 spiro atoms. The Morgan fingerprint density at radius 3 is 2.14 bits per heavy atom. The van der Waals surface area contributed by atoms with Gasteiger partial charge in [0.05, 0.1) is 10.6 Å². The highest BCUT2D eigenvalue weighted by Crippen LogP contribution is 2.28. The lowest BCUT2D eigenvalue weighted by Crippen LogP contribution is -2.54. The zero-order valence-corrected chi connectivity index (χ0v) is 26.8. The third kappa shape index (κ3) is 8.18. The monoisotopic (exact) mass is 623 g/mol. The number of hydrogen-bond acceptors (Lipinski definition) is 4. The Bertz CT molecular complexity index is 1470. The maximum absolute atomic E-state index is 14.3. The zero-order chi connectivity index (χ0) is 31.0. The van der Waals surface area contributed by atoms with E-state index < -0.39 is 28.5 Å². The van der Waals surface area contributed by atoms with E-state index in [1.54, 1.807) is 42.5 Å². The maximum atomic E-state index is 14.3. The van der Waals surface area contributed by atoms with Crippen LogP contribution >= 0.6 is 11.6 Å². The number of anilines is 1. The molecular weight excluding hydrogens is 582 g/mol. The molecule has 1 aliphatic rings. The number of carbonyl (C=O) groups excluding carboxylic acids is 2. The third-order valence-electron chi connectivity index (χ3n) is 8.09. The van der Waals surface area contributed by atoms with E-state index in [9.17, 15) is 18.0 Å². The van der Waals surface area contributed by atoms with Crippen molar-refractivity contribution in [3.63, 3.8) is 0 Å².